The lowest BCUT2D eigenvalue weighted by Crippen LogP contribution is -2.43. The number of amides is 1. The third-order valence-corrected chi connectivity index (χ3v) is 4.67. The SMILES string of the molecule is CC.CCN(CC)CCC1(c2ccccc2)CCC(=O)N=C1OC. The summed E-state index contributed by atoms with van der Waals surface area (Å²) in [6, 6.07) is 10.3. The molecule has 0 aromatic heterocycles. The van der Waals surface area contributed by atoms with Gasteiger partial charge in [-0.3, -0.25) is 4.79 Å². The summed E-state index contributed by atoms with van der Waals surface area (Å²) in [6.07, 6.45) is 2.17. The molecule has 0 N–H and O–H groups in total. The average molecular weight is 332 g/mol. The van der Waals surface area contributed by atoms with Crippen molar-refractivity contribution < 1.29 is 9.53 Å². The number of rotatable bonds is 6. The highest BCUT2D eigenvalue weighted by atomic mass is 16.5. The van der Waals surface area contributed by atoms with Crippen LogP contribution in [-0.2, 0) is 14.9 Å². The van der Waals surface area contributed by atoms with E-state index >= 15 is 0 Å². The lowest BCUT2D eigenvalue weighted by Gasteiger charge is -2.37. The summed E-state index contributed by atoms with van der Waals surface area (Å²) < 4.78 is 5.54. The fraction of sp³-hybridized carbons (Fsp3) is 0.600. The molecule has 1 amide bonds. The molecule has 0 spiro atoms. The molecular formula is C20H32N2O2. The maximum atomic E-state index is 11.7. The van der Waals surface area contributed by atoms with Crippen molar-refractivity contribution in [3.05, 3.63) is 35.9 Å². The number of hydrogen-bond donors (Lipinski definition) is 0. The Hall–Kier alpha value is -1.68. The maximum absolute atomic E-state index is 11.7. The molecule has 1 aliphatic heterocycles. The van der Waals surface area contributed by atoms with Crippen molar-refractivity contribution in [3.8, 4) is 0 Å². The first-order valence-electron chi connectivity index (χ1n) is 9.10. The molecule has 0 radical (unpaired) electrons. The van der Waals surface area contributed by atoms with Crippen LogP contribution in [-0.4, -0.2) is 43.4 Å². The van der Waals surface area contributed by atoms with Gasteiger partial charge >= 0.3 is 0 Å². The fourth-order valence-corrected chi connectivity index (χ4v) is 3.23. The van der Waals surface area contributed by atoms with Crippen molar-refractivity contribution in [1.82, 2.24) is 4.90 Å². The van der Waals surface area contributed by atoms with Gasteiger partial charge in [-0.05, 0) is 38.0 Å². The summed E-state index contributed by atoms with van der Waals surface area (Å²) in [4.78, 5) is 18.3. The summed E-state index contributed by atoms with van der Waals surface area (Å²) in [5.41, 5.74) is 0.905. The predicted octanol–water partition coefficient (Wildman–Crippen LogP) is 4.05. The monoisotopic (exact) mass is 332 g/mol. The molecule has 4 heteroatoms. The van der Waals surface area contributed by atoms with Crippen LogP contribution in [0, 0.1) is 0 Å². The zero-order valence-electron chi connectivity index (χ0n) is 15.8. The van der Waals surface area contributed by atoms with Gasteiger partial charge in [0.1, 0.15) is 0 Å². The van der Waals surface area contributed by atoms with Gasteiger partial charge in [-0.25, -0.2) is 0 Å². The molecule has 0 saturated heterocycles. The Bertz CT molecular complexity index is 524. The highest BCUT2D eigenvalue weighted by molar-refractivity contribution is 6.00. The smallest absolute Gasteiger partial charge is 0.248 e. The number of hydrogen-bond acceptors (Lipinski definition) is 3. The van der Waals surface area contributed by atoms with Crippen LogP contribution in [0.15, 0.2) is 35.3 Å². The number of ether oxygens (including phenoxy) is 1. The van der Waals surface area contributed by atoms with Gasteiger partial charge in [0.25, 0.3) is 0 Å². The molecule has 1 heterocycles. The van der Waals surface area contributed by atoms with Gasteiger partial charge in [0.15, 0.2) is 0 Å². The van der Waals surface area contributed by atoms with Crippen LogP contribution in [0.3, 0.4) is 0 Å². The van der Waals surface area contributed by atoms with Crippen molar-refractivity contribution in [2.45, 2.75) is 52.4 Å². The molecular weight excluding hydrogens is 300 g/mol. The quantitative estimate of drug-likeness (QED) is 0.789. The molecule has 1 aromatic rings. The second-order valence-electron chi connectivity index (χ2n) is 5.74. The molecule has 0 saturated carbocycles. The highest BCUT2D eigenvalue weighted by Gasteiger charge is 2.42. The normalized spacial score (nSPS) is 20.2. The third-order valence-electron chi connectivity index (χ3n) is 4.67. The predicted molar refractivity (Wildman–Crippen MR) is 101 cm³/mol. The van der Waals surface area contributed by atoms with E-state index in [0.29, 0.717) is 12.3 Å². The number of aliphatic imine (C=N–C) groups is 1. The Morgan fingerprint density at radius 3 is 2.33 bits per heavy atom. The number of carbonyl (C=O) groups is 1. The molecule has 134 valence electrons. The van der Waals surface area contributed by atoms with E-state index in [4.69, 9.17) is 4.74 Å². The van der Waals surface area contributed by atoms with E-state index in [9.17, 15) is 4.79 Å². The minimum atomic E-state index is -0.285. The Morgan fingerprint density at radius 2 is 1.79 bits per heavy atom. The van der Waals surface area contributed by atoms with Gasteiger partial charge in [0.2, 0.25) is 11.8 Å². The first-order chi connectivity index (χ1) is 11.7. The fourth-order valence-electron chi connectivity index (χ4n) is 3.23. The zero-order chi connectivity index (χ0) is 18.0. The topological polar surface area (TPSA) is 41.9 Å². The second-order valence-corrected chi connectivity index (χ2v) is 5.74. The minimum absolute atomic E-state index is 0.0776. The molecule has 1 aliphatic rings. The van der Waals surface area contributed by atoms with Gasteiger partial charge < -0.3 is 9.64 Å². The maximum Gasteiger partial charge on any atom is 0.248 e. The van der Waals surface area contributed by atoms with E-state index in [1.54, 1.807) is 7.11 Å². The van der Waals surface area contributed by atoms with Crippen molar-refractivity contribution in [1.29, 1.82) is 0 Å². The Morgan fingerprint density at radius 1 is 1.17 bits per heavy atom. The van der Waals surface area contributed by atoms with E-state index < -0.39 is 0 Å². The van der Waals surface area contributed by atoms with Gasteiger partial charge in [-0.15, -0.1) is 0 Å². The van der Waals surface area contributed by atoms with Crippen molar-refractivity contribution in [3.63, 3.8) is 0 Å². The minimum Gasteiger partial charge on any atom is -0.483 e. The lowest BCUT2D eigenvalue weighted by molar-refractivity contribution is -0.118. The number of nitrogens with zero attached hydrogens (tertiary/aromatic N) is 2. The molecule has 4 nitrogen and oxygen atoms in total. The molecule has 0 aliphatic carbocycles. The molecule has 24 heavy (non-hydrogen) atoms. The molecule has 2 rings (SSSR count). The molecule has 0 bridgehead atoms. The first-order valence-corrected chi connectivity index (χ1v) is 9.10. The molecule has 1 atom stereocenters. The van der Waals surface area contributed by atoms with E-state index in [2.05, 4.69) is 35.9 Å². The Kier molecular flexibility index (Phi) is 8.69. The van der Waals surface area contributed by atoms with Crippen molar-refractivity contribution in [2.24, 2.45) is 4.99 Å². The Labute approximate surface area is 146 Å². The number of carbonyl (C=O) groups excluding carboxylic acids is 1. The largest absolute Gasteiger partial charge is 0.483 e. The van der Waals surface area contributed by atoms with Gasteiger partial charge in [-0.2, -0.15) is 4.99 Å². The van der Waals surface area contributed by atoms with Crippen molar-refractivity contribution in [2.75, 3.05) is 26.7 Å². The zero-order valence-corrected chi connectivity index (χ0v) is 15.8. The van der Waals surface area contributed by atoms with E-state index in [0.717, 1.165) is 32.5 Å². The second kappa shape index (κ2) is 10.2. The average Bonchev–Trinajstić information content (AvgIpc) is 2.66. The van der Waals surface area contributed by atoms with E-state index in [1.807, 2.05) is 32.0 Å². The summed E-state index contributed by atoms with van der Waals surface area (Å²) in [7, 11) is 1.62. The van der Waals surface area contributed by atoms with Crippen LogP contribution in [0.1, 0.15) is 52.5 Å². The van der Waals surface area contributed by atoms with E-state index in [-0.39, 0.29) is 11.3 Å². The third kappa shape index (κ3) is 4.67. The standard InChI is InChI=1S/C18H26N2O2.C2H6/c1-4-20(5-2)14-13-18(15-9-7-6-8-10-15)12-11-16(21)19-17(18)22-3;1-2/h6-10H,4-5,11-14H2,1-3H3;1-2H3. The first kappa shape index (κ1) is 20.4. The highest BCUT2D eigenvalue weighted by Crippen LogP contribution is 2.38. The lowest BCUT2D eigenvalue weighted by atomic mass is 9.72. The van der Waals surface area contributed by atoms with Crippen LogP contribution >= 0.6 is 0 Å². The Balaban J connectivity index is 0.00000139. The summed E-state index contributed by atoms with van der Waals surface area (Å²) in [6.45, 7) is 11.4. The van der Waals surface area contributed by atoms with E-state index in [1.165, 1.54) is 5.56 Å². The molecule has 1 aromatic carbocycles. The van der Waals surface area contributed by atoms with Crippen LogP contribution in [0.2, 0.25) is 0 Å². The molecule has 0 fully saturated rings. The molecule has 1 unspecified atom stereocenters. The summed E-state index contributed by atoms with van der Waals surface area (Å²) >= 11 is 0. The summed E-state index contributed by atoms with van der Waals surface area (Å²) in [5, 5.41) is 0. The number of benzene rings is 1. The van der Waals surface area contributed by atoms with Gasteiger partial charge in [-0.1, -0.05) is 58.0 Å². The van der Waals surface area contributed by atoms with Gasteiger partial charge in [0, 0.05) is 6.42 Å². The van der Waals surface area contributed by atoms with Crippen LogP contribution in [0.25, 0.3) is 0 Å². The van der Waals surface area contributed by atoms with Crippen LogP contribution in [0.5, 0.6) is 0 Å². The van der Waals surface area contributed by atoms with Crippen molar-refractivity contribution >= 4 is 11.8 Å². The van der Waals surface area contributed by atoms with Crippen LogP contribution < -0.4 is 0 Å². The van der Waals surface area contributed by atoms with Crippen LogP contribution in [0.4, 0.5) is 0 Å². The van der Waals surface area contributed by atoms with Gasteiger partial charge in [0.05, 0.1) is 12.5 Å². The summed E-state index contributed by atoms with van der Waals surface area (Å²) in [5.74, 6) is 0.494. The number of methoxy groups -OCH3 is 1.